The van der Waals surface area contributed by atoms with Crippen molar-refractivity contribution >= 4 is 0 Å². The molecule has 0 aliphatic carbocycles. The molecular formula is C13H16N2O2. The first-order valence-electron chi connectivity index (χ1n) is 5.70. The van der Waals surface area contributed by atoms with Gasteiger partial charge in [0.15, 0.2) is 0 Å². The molecular weight excluding hydrogens is 216 g/mol. The Labute approximate surface area is 101 Å². The topological polar surface area (TPSA) is 48.2 Å². The van der Waals surface area contributed by atoms with Crippen molar-refractivity contribution in [3.63, 3.8) is 0 Å². The smallest absolute Gasteiger partial charge is 0.141 e. The SMILES string of the molecule is CCc1noc(C)c1COc1cccnc1C. The minimum Gasteiger partial charge on any atom is -0.487 e. The van der Waals surface area contributed by atoms with Gasteiger partial charge in [0.25, 0.3) is 0 Å². The van der Waals surface area contributed by atoms with Gasteiger partial charge in [0.05, 0.1) is 17.0 Å². The van der Waals surface area contributed by atoms with Gasteiger partial charge >= 0.3 is 0 Å². The number of hydrogen-bond acceptors (Lipinski definition) is 4. The van der Waals surface area contributed by atoms with Crippen LogP contribution in [0.3, 0.4) is 0 Å². The van der Waals surface area contributed by atoms with Crippen LogP contribution in [0, 0.1) is 13.8 Å². The summed E-state index contributed by atoms with van der Waals surface area (Å²) in [5.74, 6) is 1.62. The van der Waals surface area contributed by atoms with Gasteiger partial charge in [-0.15, -0.1) is 0 Å². The second-order valence-electron chi connectivity index (χ2n) is 3.89. The fraction of sp³-hybridized carbons (Fsp3) is 0.385. The maximum Gasteiger partial charge on any atom is 0.141 e. The minimum atomic E-state index is 0.477. The van der Waals surface area contributed by atoms with E-state index in [0.717, 1.165) is 34.9 Å². The quantitative estimate of drug-likeness (QED) is 0.813. The zero-order valence-electron chi connectivity index (χ0n) is 10.4. The highest BCUT2D eigenvalue weighted by molar-refractivity contribution is 5.27. The lowest BCUT2D eigenvalue weighted by atomic mass is 10.2. The molecule has 2 aromatic rings. The third kappa shape index (κ3) is 2.46. The van der Waals surface area contributed by atoms with Gasteiger partial charge in [-0.2, -0.15) is 0 Å². The van der Waals surface area contributed by atoms with E-state index in [0.29, 0.717) is 6.61 Å². The van der Waals surface area contributed by atoms with Gasteiger partial charge in [0.2, 0.25) is 0 Å². The van der Waals surface area contributed by atoms with E-state index < -0.39 is 0 Å². The molecule has 4 nitrogen and oxygen atoms in total. The molecule has 2 rings (SSSR count). The average Bonchev–Trinajstić information content (AvgIpc) is 2.69. The molecule has 2 heterocycles. The van der Waals surface area contributed by atoms with Gasteiger partial charge < -0.3 is 9.26 Å². The molecule has 0 bridgehead atoms. The Hall–Kier alpha value is -1.84. The van der Waals surface area contributed by atoms with Crippen molar-refractivity contribution in [2.24, 2.45) is 0 Å². The van der Waals surface area contributed by atoms with Crippen molar-refractivity contribution in [1.29, 1.82) is 0 Å². The first-order valence-corrected chi connectivity index (χ1v) is 5.70. The summed E-state index contributed by atoms with van der Waals surface area (Å²) >= 11 is 0. The summed E-state index contributed by atoms with van der Waals surface area (Å²) in [7, 11) is 0. The largest absolute Gasteiger partial charge is 0.487 e. The van der Waals surface area contributed by atoms with Crippen LogP contribution in [0.2, 0.25) is 0 Å². The number of rotatable bonds is 4. The zero-order valence-corrected chi connectivity index (χ0v) is 10.4. The molecule has 0 amide bonds. The van der Waals surface area contributed by atoms with Crippen molar-refractivity contribution in [2.75, 3.05) is 0 Å². The van der Waals surface area contributed by atoms with E-state index in [9.17, 15) is 0 Å². The van der Waals surface area contributed by atoms with E-state index in [2.05, 4.69) is 17.1 Å². The number of aryl methyl sites for hydroxylation is 3. The number of hydrogen-bond donors (Lipinski definition) is 0. The number of nitrogens with zero attached hydrogens (tertiary/aromatic N) is 2. The molecule has 0 saturated heterocycles. The average molecular weight is 232 g/mol. The fourth-order valence-electron chi connectivity index (χ4n) is 1.67. The van der Waals surface area contributed by atoms with Crippen molar-refractivity contribution in [1.82, 2.24) is 10.1 Å². The highest BCUT2D eigenvalue weighted by atomic mass is 16.5. The molecule has 0 radical (unpaired) electrons. The third-order valence-corrected chi connectivity index (χ3v) is 2.73. The lowest BCUT2D eigenvalue weighted by molar-refractivity contribution is 0.298. The summed E-state index contributed by atoms with van der Waals surface area (Å²) in [6.07, 6.45) is 2.60. The number of pyridine rings is 1. The van der Waals surface area contributed by atoms with Crippen LogP contribution in [-0.4, -0.2) is 10.1 Å². The molecule has 0 unspecified atom stereocenters. The maximum absolute atomic E-state index is 5.74. The van der Waals surface area contributed by atoms with Crippen LogP contribution < -0.4 is 4.74 Å². The Bertz CT molecular complexity index is 506. The second kappa shape index (κ2) is 4.99. The fourth-order valence-corrected chi connectivity index (χ4v) is 1.67. The molecule has 0 atom stereocenters. The lowest BCUT2D eigenvalue weighted by Crippen LogP contribution is -2.01. The molecule has 4 heteroatoms. The van der Waals surface area contributed by atoms with Gasteiger partial charge in [-0.25, -0.2) is 0 Å². The van der Waals surface area contributed by atoms with Gasteiger partial charge in [-0.1, -0.05) is 12.1 Å². The van der Waals surface area contributed by atoms with E-state index in [1.807, 2.05) is 26.0 Å². The third-order valence-electron chi connectivity index (χ3n) is 2.73. The molecule has 2 aromatic heterocycles. The van der Waals surface area contributed by atoms with E-state index in [1.165, 1.54) is 0 Å². The summed E-state index contributed by atoms with van der Waals surface area (Å²) in [5.41, 5.74) is 2.89. The monoisotopic (exact) mass is 232 g/mol. The van der Waals surface area contributed by atoms with Crippen LogP contribution in [0.25, 0.3) is 0 Å². The van der Waals surface area contributed by atoms with Crippen LogP contribution >= 0.6 is 0 Å². The molecule has 0 aliphatic heterocycles. The number of ether oxygens (including phenoxy) is 1. The summed E-state index contributed by atoms with van der Waals surface area (Å²) < 4.78 is 10.9. The number of aromatic nitrogens is 2. The van der Waals surface area contributed by atoms with E-state index >= 15 is 0 Å². The second-order valence-corrected chi connectivity index (χ2v) is 3.89. The van der Waals surface area contributed by atoms with Gasteiger partial charge in [0.1, 0.15) is 18.1 Å². The summed E-state index contributed by atoms with van der Waals surface area (Å²) in [6.45, 7) is 6.36. The van der Waals surface area contributed by atoms with Gasteiger partial charge in [0, 0.05) is 6.20 Å². The highest BCUT2D eigenvalue weighted by Gasteiger charge is 2.12. The molecule has 90 valence electrons. The molecule has 0 fully saturated rings. The standard InChI is InChI=1S/C13H16N2O2/c1-4-12-11(10(3)17-15-12)8-16-13-6-5-7-14-9(13)2/h5-7H,4,8H2,1-3H3. The Morgan fingerprint density at radius 2 is 2.18 bits per heavy atom. The molecule has 0 saturated carbocycles. The van der Waals surface area contributed by atoms with Crippen molar-refractivity contribution in [2.45, 2.75) is 33.8 Å². The zero-order chi connectivity index (χ0) is 12.3. The summed E-state index contributed by atoms with van der Waals surface area (Å²) in [4.78, 5) is 4.18. The van der Waals surface area contributed by atoms with Crippen molar-refractivity contribution in [3.05, 3.63) is 41.0 Å². The lowest BCUT2D eigenvalue weighted by Gasteiger charge is -2.07. The van der Waals surface area contributed by atoms with Gasteiger partial charge in [-0.3, -0.25) is 4.98 Å². The Balaban J connectivity index is 2.12. The molecule has 0 spiro atoms. The van der Waals surface area contributed by atoms with Crippen LogP contribution in [0.5, 0.6) is 5.75 Å². The molecule has 17 heavy (non-hydrogen) atoms. The Kier molecular flexibility index (Phi) is 3.42. The summed E-state index contributed by atoms with van der Waals surface area (Å²) in [6, 6.07) is 3.78. The van der Waals surface area contributed by atoms with Crippen molar-refractivity contribution in [3.8, 4) is 5.75 Å². The first kappa shape index (κ1) is 11.6. The van der Waals surface area contributed by atoms with E-state index in [-0.39, 0.29) is 0 Å². The molecule has 0 N–H and O–H groups in total. The molecule has 0 aromatic carbocycles. The predicted octanol–water partition coefficient (Wildman–Crippen LogP) is 2.83. The maximum atomic E-state index is 5.74. The van der Waals surface area contributed by atoms with Gasteiger partial charge in [-0.05, 0) is 32.4 Å². The first-order chi connectivity index (χ1) is 8.22. The Morgan fingerprint density at radius 3 is 2.88 bits per heavy atom. The van der Waals surface area contributed by atoms with E-state index in [4.69, 9.17) is 9.26 Å². The molecule has 0 aliphatic rings. The predicted molar refractivity (Wildman–Crippen MR) is 63.9 cm³/mol. The summed E-state index contributed by atoms with van der Waals surface area (Å²) in [5, 5.41) is 4.00. The van der Waals surface area contributed by atoms with Crippen LogP contribution in [0.4, 0.5) is 0 Å². The highest BCUT2D eigenvalue weighted by Crippen LogP contribution is 2.19. The van der Waals surface area contributed by atoms with Crippen LogP contribution in [0.15, 0.2) is 22.9 Å². The van der Waals surface area contributed by atoms with Crippen molar-refractivity contribution < 1.29 is 9.26 Å². The Morgan fingerprint density at radius 1 is 1.35 bits per heavy atom. The normalized spacial score (nSPS) is 10.5. The van der Waals surface area contributed by atoms with Crippen LogP contribution in [-0.2, 0) is 13.0 Å². The minimum absolute atomic E-state index is 0.477. The van der Waals surface area contributed by atoms with E-state index in [1.54, 1.807) is 6.20 Å². The van der Waals surface area contributed by atoms with Crippen LogP contribution in [0.1, 0.15) is 29.6 Å².